The third kappa shape index (κ3) is 2.88. The maximum absolute atomic E-state index is 12.4. The highest BCUT2D eigenvalue weighted by molar-refractivity contribution is 9.10. The number of anilines is 2. The monoisotopic (exact) mass is 346 g/mol. The number of nitrogens with one attached hydrogen (secondary N) is 2. The lowest BCUT2D eigenvalue weighted by Crippen LogP contribution is -2.12. The first-order valence-corrected chi connectivity index (χ1v) is 7.48. The van der Waals surface area contributed by atoms with E-state index in [-0.39, 0.29) is 5.91 Å². The summed E-state index contributed by atoms with van der Waals surface area (Å²) in [5, 5.41) is 6.23. The number of halogens is 1. The number of rotatable bonds is 3. The number of methoxy groups -OCH3 is 1. The van der Waals surface area contributed by atoms with Crippen LogP contribution in [0.25, 0.3) is 0 Å². The van der Waals surface area contributed by atoms with Crippen molar-refractivity contribution in [1.29, 1.82) is 0 Å². The molecule has 2 aromatic carbocycles. The summed E-state index contributed by atoms with van der Waals surface area (Å²) < 4.78 is 5.90. The Bertz CT molecular complexity index is 701. The van der Waals surface area contributed by atoms with Crippen molar-refractivity contribution in [2.75, 3.05) is 24.3 Å². The smallest absolute Gasteiger partial charge is 0.256 e. The number of fused-ring (bicyclic) bond motifs is 1. The first kappa shape index (κ1) is 13.9. The summed E-state index contributed by atoms with van der Waals surface area (Å²) in [7, 11) is 1.58. The number of benzene rings is 2. The standard InChI is InChI=1S/C16H15BrN2O2/c1-21-12-3-4-14(17)13(9-12)16(20)19-11-2-5-15-10(8-11)6-7-18-15/h2-5,8-9,18H,6-7H2,1H3,(H,19,20). The maximum Gasteiger partial charge on any atom is 0.256 e. The summed E-state index contributed by atoms with van der Waals surface area (Å²) >= 11 is 3.40. The van der Waals surface area contributed by atoms with Crippen LogP contribution in [-0.4, -0.2) is 19.6 Å². The first-order valence-electron chi connectivity index (χ1n) is 6.69. The summed E-state index contributed by atoms with van der Waals surface area (Å²) in [5.74, 6) is 0.494. The quantitative estimate of drug-likeness (QED) is 0.891. The molecule has 2 aromatic rings. The summed E-state index contributed by atoms with van der Waals surface area (Å²) in [6.45, 7) is 0.953. The Morgan fingerprint density at radius 3 is 2.95 bits per heavy atom. The van der Waals surface area contributed by atoms with Gasteiger partial charge >= 0.3 is 0 Å². The number of carbonyl (C=O) groups is 1. The van der Waals surface area contributed by atoms with Crippen molar-refractivity contribution in [3.63, 3.8) is 0 Å². The highest BCUT2D eigenvalue weighted by Crippen LogP contribution is 2.27. The molecule has 4 nitrogen and oxygen atoms in total. The lowest BCUT2D eigenvalue weighted by molar-refractivity contribution is 0.102. The van der Waals surface area contributed by atoms with Gasteiger partial charge in [0.05, 0.1) is 12.7 Å². The Morgan fingerprint density at radius 2 is 2.14 bits per heavy atom. The van der Waals surface area contributed by atoms with Gasteiger partial charge in [0.15, 0.2) is 0 Å². The van der Waals surface area contributed by atoms with E-state index in [0.29, 0.717) is 11.3 Å². The predicted octanol–water partition coefficient (Wildman–Crippen LogP) is 3.68. The molecule has 0 radical (unpaired) electrons. The van der Waals surface area contributed by atoms with Crippen LogP contribution in [0, 0.1) is 0 Å². The molecule has 0 fully saturated rings. The molecular formula is C16H15BrN2O2. The van der Waals surface area contributed by atoms with Crippen LogP contribution < -0.4 is 15.4 Å². The lowest BCUT2D eigenvalue weighted by atomic mass is 10.1. The summed E-state index contributed by atoms with van der Waals surface area (Å²) in [4.78, 5) is 12.4. The fourth-order valence-electron chi connectivity index (χ4n) is 2.39. The van der Waals surface area contributed by atoms with Crippen molar-refractivity contribution in [2.45, 2.75) is 6.42 Å². The molecular weight excluding hydrogens is 332 g/mol. The van der Waals surface area contributed by atoms with E-state index in [1.54, 1.807) is 19.2 Å². The molecule has 1 heterocycles. The second-order valence-corrected chi connectivity index (χ2v) is 5.70. The van der Waals surface area contributed by atoms with Gasteiger partial charge in [0, 0.05) is 22.4 Å². The average Bonchev–Trinajstić information content (AvgIpc) is 2.95. The molecule has 1 aliphatic rings. The van der Waals surface area contributed by atoms with Crippen LogP contribution in [0.1, 0.15) is 15.9 Å². The Labute approximate surface area is 131 Å². The van der Waals surface area contributed by atoms with Crippen molar-refractivity contribution in [3.05, 3.63) is 52.0 Å². The van der Waals surface area contributed by atoms with Crippen molar-refractivity contribution in [3.8, 4) is 5.75 Å². The van der Waals surface area contributed by atoms with Crippen molar-refractivity contribution in [2.24, 2.45) is 0 Å². The molecule has 0 aliphatic carbocycles. The molecule has 0 saturated heterocycles. The van der Waals surface area contributed by atoms with Crippen LogP contribution in [-0.2, 0) is 6.42 Å². The summed E-state index contributed by atoms with van der Waals surface area (Å²) in [6.07, 6.45) is 0.988. The molecule has 0 saturated carbocycles. The van der Waals surface area contributed by atoms with Gasteiger partial charge in [-0.05, 0) is 64.3 Å². The molecule has 1 aliphatic heterocycles. The van der Waals surface area contributed by atoms with E-state index in [4.69, 9.17) is 4.74 Å². The largest absolute Gasteiger partial charge is 0.497 e. The van der Waals surface area contributed by atoms with Gasteiger partial charge in [-0.3, -0.25) is 4.79 Å². The fraction of sp³-hybridized carbons (Fsp3) is 0.188. The average molecular weight is 347 g/mol. The van der Waals surface area contributed by atoms with Gasteiger partial charge in [0.2, 0.25) is 0 Å². The number of amides is 1. The van der Waals surface area contributed by atoms with E-state index in [1.165, 1.54) is 5.56 Å². The van der Waals surface area contributed by atoms with Gasteiger partial charge in [-0.2, -0.15) is 0 Å². The molecule has 21 heavy (non-hydrogen) atoms. The molecule has 5 heteroatoms. The van der Waals surface area contributed by atoms with E-state index >= 15 is 0 Å². The number of ether oxygens (including phenoxy) is 1. The van der Waals surface area contributed by atoms with Gasteiger partial charge in [0.25, 0.3) is 5.91 Å². The number of hydrogen-bond donors (Lipinski definition) is 2. The zero-order valence-electron chi connectivity index (χ0n) is 11.6. The minimum Gasteiger partial charge on any atom is -0.497 e. The van der Waals surface area contributed by atoms with E-state index in [2.05, 4.69) is 26.6 Å². The minimum atomic E-state index is -0.160. The SMILES string of the molecule is COc1ccc(Br)c(C(=O)Nc2ccc3c(c2)CCN3)c1. The second kappa shape index (κ2) is 5.77. The van der Waals surface area contributed by atoms with E-state index in [0.717, 1.165) is 28.8 Å². The third-order valence-electron chi connectivity index (χ3n) is 3.49. The van der Waals surface area contributed by atoms with Crippen LogP contribution in [0.2, 0.25) is 0 Å². The first-order chi connectivity index (χ1) is 10.2. The zero-order valence-corrected chi connectivity index (χ0v) is 13.2. The molecule has 1 amide bonds. The maximum atomic E-state index is 12.4. The van der Waals surface area contributed by atoms with E-state index < -0.39 is 0 Å². The van der Waals surface area contributed by atoms with Crippen LogP contribution in [0.15, 0.2) is 40.9 Å². The molecule has 0 spiro atoms. The normalized spacial score (nSPS) is 12.5. The molecule has 0 atom stereocenters. The van der Waals surface area contributed by atoms with Gasteiger partial charge in [-0.1, -0.05) is 0 Å². The Morgan fingerprint density at radius 1 is 1.29 bits per heavy atom. The van der Waals surface area contributed by atoms with Crippen LogP contribution >= 0.6 is 15.9 Å². The minimum absolute atomic E-state index is 0.160. The fourth-order valence-corrected chi connectivity index (χ4v) is 2.81. The summed E-state index contributed by atoms with van der Waals surface area (Å²) in [6, 6.07) is 11.2. The molecule has 2 N–H and O–H groups in total. The second-order valence-electron chi connectivity index (χ2n) is 4.85. The number of hydrogen-bond acceptors (Lipinski definition) is 3. The third-order valence-corrected chi connectivity index (χ3v) is 4.18. The van der Waals surface area contributed by atoms with Crippen molar-refractivity contribution in [1.82, 2.24) is 0 Å². The van der Waals surface area contributed by atoms with E-state index in [9.17, 15) is 4.79 Å². The molecule has 0 unspecified atom stereocenters. The van der Waals surface area contributed by atoms with Gasteiger partial charge < -0.3 is 15.4 Å². The topological polar surface area (TPSA) is 50.4 Å². The molecule has 0 bridgehead atoms. The summed E-state index contributed by atoms with van der Waals surface area (Å²) in [5.41, 5.74) is 3.73. The van der Waals surface area contributed by atoms with Gasteiger partial charge in [-0.25, -0.2) is 0 Å². The van der Waals surface area contributed by atoms with Gasteiger partial charge in [0.1, 0.15) is 5.75 Å². The van der Waals surface area contributed by atoms with E-state index in [1.807, 2.05) is 24.3 Å². The Balaban J connectivity index is 1.83. The Kier molecular flexibility index (Phi) is 3.84. The van der Waals surface area contributed by atoms with Crippen LogP contribution in [0.5, 0.6) is 5.75 Å². The zero-order chi connectivity index (χ0) is 14.8. The molecule has 0 aromatic heterocycles. The number of carbonyl (C=O) groups excluding carboxylic acids is 1. The molecule has 108 valence electrons. The Hall–Kier alpha value is -2.01. The lowest BCUT2D eigenvalue weighted by Gasteiger charge is -2.10. The van der Waals surface area contributed by atoms with Crippen molar-refractivity contribution >= 4 is 33.2 Å². The predicted molar refractivity (Wildman–Crippen MR) is 87.3 cm³/mol. The highest BCUT2D eigenvalue weighted by atomic mass is 79.9. The molecule has 3 rings (SSSR count). The van der Waals surface area contributed by atoms with Gasteiger partial charge in [-0.15, -0.1) is 0 Å². The highest BCUT2D eigenvalue weighted by Gasteiger charge is 2.14. The van der Waals surface area contributed by atoms with Crippen LogP contribution in [0.3, 0.4) is 0 Å². The van der Waals surface area contributed by atoms with Crippen LogP contribution in [0.4, 0.5) is 11.4 Å². The van der Waals surface area contributed by atoms with Crippen molar-refractivity contribution < 1.29 is 9.53 Å².